The van der Waals surface area contributed by atoms with Crippen molar-refractivity contribution >= 4 is 39.3 Å². The number of ether oxygens (including phenoxy) is 1. The number of aryl methyl sites for hydroxylation is 1. The number of amides is 3. The van der Waals surface area contributed by atoms with Gasteiger partial charge in [-0.3, -0.25) is 19.4 Å². The molecule has 2 aliphatic heterocycles. The van der Waals surface area contributed by atoms with E-state index < -0.39 is 23.9 Å². The average molecular weight is 520 g/mol. The zero-order valence-corrected chi connectivity index (χ0v) is 20.2. The molecule has 3 amide bonds. The van der Waals surface area contributed by atoms with Gasteiger partial charge in [-0.15, -0.1) is 0 Å². The number of halogens is 1. The number of hydrogen-bond acceptors (Lipinski definition) is 5. The molecule has 34 heavy (non-hydrogen) atoms. The number of hydrogen-bond donors (Lipinski definition) is 1. The van der Waals surface area contributed by atoms with Gasteiger partial charge in [-0.2, -0.15) is 0 Å². The highest BCUT2D eigenvalue weighted by Gasteiger charge is 2.60. The molecule has 0 aromatic heterocycles. The smallest absolute Gasteiger partial charge is 0.268 e. The van der Waals surface area contributed by atoms with E-state index in [1.165, 1.54) is 12.1 Å². The Morgan fingerprint density at radius 2 is 1.71 bits per heavy atom. The quantitative estimate of drug-likeness (QED) is 0.526. The summed E-state index contributed by atoms with van der Waals surface area (Å²) in [5.74, 6) is -1.59. The molecule has 7 nitrogen and oxygen atoms in total. The summed E-state index contributed by atoms with van der Waals surface area (Å²) in [4.78, 5) is 42.1. The molecule has 5 rings (SSSR count). The van der Waals surface area contributed by atoms with Crippen LogP contribution < -0.4 is 15.1 Å². The zero-order valence-electron chi connectivity index (χ0n) is 18.6. The molecule has 0 bridgehead atoms. The van der Waals surface area contributed by atoms with Crippen LogP contribution >= 0.6 is 15.9 Å². The van der Waals surface area contributed by atoms with Gasteiger partial charge in [-0.1, -0.05) is 64.0 Å². The van der Waals surface area contributed by atoms with E-state index in [0.29, 0.717) is 17.0 Å². The van der Waals surface area contributed by atoms with Crippen molar-refractivity contribution < 1.29 is 19.1 Å². The summed E-state index contributed by atoms with van der Waals surface area (Å²) in [7, 11) is 1.49. The molecule has 0 radical (unpaired) electrons. The number of rotatable bonds is 4. The minimum absolute atomic E-state index is 0.368. The maximum atomic E-state index is 13.7. The Kier molecular flexibility index (Phi) is 5.71. The highest BCUT2D eigenvalue weighted by atomic mass is 79.9. The monoisotopic (exact) mass is 519 g/mol. The molecule has 1 N–H and O–H groups in total. The SMILES string of the molecule is COc1ccccc1N1C(=O)[C@@H]2[C@H](c3ccc(C)cc3)NN(C(=O)c3cccc(Br)c3)[C@H]2C1=O. The van der Waals surface area contributed by atoms with Gasteiger partial charge in [0.05, 0.1) is 24.8 Å². The number of para-hydroxylation sites is 2. The van der Waals surface area contributed by atoms with Crippen LogP contribution in [0.3, 0.4) is 0 Å². The maximum absolute atomic E-state index is 13.7. The first-order valence-electron chi connectivity index (χ1n) is 10.8. The Labute approximate surface area is 205 Å². The molecule has 3 atom stereocenters. The van der Waals surface area contributed by atoms with E-state index in [0.717, 1.165) is 20.5 Å². The normalized spacial score (nSPS) is 21.7. The lowest BCUT2D eigenvalue weighted by atomic mass is 9.90. The average Bonchev–Trinajstić information content (AvgIpc) is 3.35. The van der Waals surface area contributed by atoms with Gasteiger partial charge in [0, 0.05) is 10.0 Å². The van der Waals surface area contributed by atoms with Crippen LogP contribution in [-0.2, 0) is 9.59 Å². The number of carbonyl (C=O) groups is 3. The van der Waals surface area contributed by atoms with E-state index in [4.69, 9.17) is 4.74 Å². The van der Waals surface area contributed by atoms with Gasteiger partial charge < -0.3 is 4.74 Å². The first-order chi connectivity index (χ1) is 16.4. The molecule has 2 heterocycles. The maximum Gasteiger partial charge on any atom is 0.268 e. The van der Waals surface area contributed by atoms with Gasteiger partial charge in [-0.25, -0.2) is 10.3 Å². The van der Waals surface area contributed by atoms with E-state index in [1.807, 2.05) is 37.3 Å². The molecule has 0 unspecified atom stereocenters. The number of hydrazine groups is 1. The number of imide groups is 1. The zero-order chi connectivity index (χ0) is 24.0. The molecule has 172 valence electrons. The lowest BCUT2D eigenvalue weighted by molar-refractivity contribution is -0.123. The fourth-order valence-corrected chi connectivity index (χ4v) is 5.04. The Bertz CT molecular complexity index is 1290. The standard InChI is InChI=1S/C26H22BrN3O4/c1-15-10-12-16(13-11-15)22-21-23(30(28-22)24(31)17-6-5-7-18(27)14-17)26(33)29(25(21)32)19-8-3-4-9-20(19)34-2/h3-14,21-23,28H,1-2H3/t21-,22+,23-/m1/s1. The summed E-state index contributed by atoms with van der Waals surface area (Å²) in [5.41, 5.74) is 5.85. The van der Waals surface area contributed by atoms with Crippen LogP contribution in [0, 0.1) is 12.8 Å². The molecule has 0 aliphatic carbocycles. The van der Waals surface area contributed by atoms with E-state index in [1.54, 1.807) is 42.5 Å². The van der Waals surface area contributed by atoms with Crippen LogP contribution in [0.2, 0.25) is 0 Å². The van der Waals surface area contributed by atoms with E-state index in [-0.39, 0.29) is 11.8 Å². The van der Waals surface area contributed by atoms with Crippen molar-refractivity contribution in [3.63, 3.8) is 0 Å². The Morgan fingerprint density at radius 1 is 0.971 bits per heavy atom. The number of methoxy groups -OCH3 is 1. The second-order valence-corrected chi connectivity index (χ2v) is 9.27. The lowest BCUT2D eigenvalue weighted by Crippen LogP contribution is -2.48. The van der Waals surface area contributed by atoms with Crippen molar-refractivity contribution in [2.75, 3.05) is 12.0 Å². The van der Waals surface area contributed by atoms with E-state index in [9.17, 15) is 14.4 Å². The number of nitrogens with zero attached hydrogens (tertiary/aromatic N) is 2. The number of fused-ring (bicyclic) bond motifs is 1. The fourth-order valence-electron chi connectivity index (χ4n) is 4.64. The highest BCUT2D eigenvalue weighted by Crippen LogP contribution is 2.44. The summed E-state index contributed by atoms with van der Waals surface area (Å²) in [5, 5.41) is 1.31. The van der Waals surface area contributed by atoms with Gasteiger partial charge in [0.1, 0.15) is 11.8 Å². The number of benzene rings is 3. The van der Waals surface area contributed by atoms with Gasteiger partial charge in [0.25, 0.3) is 11.8 Å². The minimum atomic E-state index is -0.991. The number of anilines is 1. The van der Waals surface area contributed by atoms with Crippen LogP contribution in [-0.4, -0.2) is 35.9 Å². The van der Waals surface area contributed by atoms with Crippen LogP contribution in [0.1, 0.15) is 27.5 Å². The predicted molar refractivity (Wildman–Crippen MR) is 130 cm³/mol. The molecule has 0 saturated carbocycles. The van der Waals surface area contributed by atoms with E-state index in [2.05, 4.69) is 21.4 Å². The molecule has 8 heteroatoms. The van der Waals surface area contributed by atoms with Crippen LogP contribution in [0.5, 0.6) is 5.75 Å². The summed E-state index contributed by atoms with van der Waals surface area (Å²) in [6.45, 7) is 1.98. The molecule has 2 aliphatic rings. The molecule has 2 fully saturated rings. The third kappa shape index (κ3) is 3.59. The Morgan fingerprint density at radius 3 is 2.41 bits per heavy atom. The van der Waals surface area contributed by atoms with Gasteiger partial charge in [0.2, 0.25) is 5.91 Å². The molecular weight excluding hydrogens is 498 g/mol. The molecule has 3 aromatic carbocycles. The van der Waals surface area contributed by atoms with Crippen LogP contribution in [0.4, 0.5) is 5.69 Å². The predicted octanol–water partition coefficient (Wildman–Crippen LogP) is 4.03. The highest BCUT2D eigenvalue weighted by molar-refractivity contribution is 9.10. The summed E-state index contributed by atoms with van der Waals surface area (Å²) in [6, 6.07) is 20.0. The summed E-state index contributed by atoms with van der Waals surface area (Å²) >= 11 is 3.39. The first kappa shape index (κ1) is 22.3. The largest absolute Gasteiger partial charge is 0.495 e. The fraction of sp³-hybridized carbons (Fsp3) is 0.192. The third-order valence-corrected chi connectivity index (χ3v) is 6.78. The van der Waals surface area contributed by atoms with Crippen molar-refractivity contribution in [1.29, 1.82) is 0 Å². The van der Waals surface area contributed by atoms with Gasteiger partial charge in [-0.05, 0) is 42.8 Å². The second-order valence-electron chi connectivity index (χ2n) is 8.36. The van der Waals surface area contributed by atoms with Crippen LogP contribution in [0.25, 0.3) is 0 Å². The van der Waals surface area contributed by atoms with Gasteiger partial charge >= 0.3 is 0 Å². The second kappa shape index (κ2) is 8.70. The third-order valence-electron chi connectivity index (χ3n) is 6.29. The Balaban J connectivity index is 1.60. The molecule has 3 aromatic rings. The van der Waals surface area contributed by atoms with Crippen molar-refractivity contribution in [2.45, 2.75) is 19.0 Å². The minimum Gasteiger partial charge on any atom is -0.495 e. The summed E-state index contributed by atoms with van der Waals surface area (Å²) < 4.78 is 6.15. The van der Waals surface area contributed by atoms with Crippen molar-refractivity contribution in [3.05, 3.63) is 94.0 Å². The molecule has 2 saturated heterocycles. The van der Waals surface area contributed by atoms with Gasteiger partial charge in [0.15, 0.2) is 0 Å². The number of carbonyl (C=O) groups excluding carboxylic acids is 3. The van der Waals surface area contributed by atoms with Crippen molar-refractivity contribution in [1.82, 2.24) is 10.4 Å². The molecular formula is C26H22BrN3O4. The summed E-state index contributed by atoms with van der Waals surface area (Å²) in [6.07, 6.45) is 0. The Hall–Kier alpha value is -3.49. The lowest BCUT2D eigenvalue weighted by Gasteiger charge is -2.26. The van der Waals surface area contributed by atoms with Crippen LogP contribution in [0.15, 0.2) is 77.3 Å². The topological polar surface area (TPSA) is 79.0 Å². The van der Waals surface area contributed by atoms with Crippen molar-refractivity contribution in [2.24, 2.45) is 5.92 Å². The van der Waals surface area contributed by atoms with Crippen molar-refractivity contribution in [3.8, 4) is 5.75 Å². The first-order valence-corrected chi connectivity index (χ1v) is 11.6. The number of nitrogens with one attached hydrogen (secondary N) is 1. The molecule has 0 spiro atoms. The van der Waals surface area contributed by atoms with E-state index >= 15 is 0 Å².